The topological polar surface area (TPSA) is 67.2 Å². The van der Waals surface area contributed by atoms with Crippen LogP contribution < -0.4 is 5.32 Å². The van der Waals surface area contributed by atoms with E-state index in [9.17, 15) is 8.42 Å². The van der Waals surface area contributed by atoms with Crippen molar-refractivity contribution in [3.8, 4) is 0 Å². The Morgan fingerprint density at radius 3 is 2.84 bits per heavy atom. The molecule has 1 aliphatic heterocycles. The third-order valence-electron chi connectivity index (χ3n) is 3.36. The monoisotopic (exact) mass is 308 g/mol. The maximum atomic E-state index is 12.4. The molecule has 0 bridgehead atoms. The SMILES string of the molecule is CCn1cc(S(=O)(=O)N2CCCC(NC)C2)cn1.Cl. The molecule has 0 aliphatic carbocycles. The number of sulfonamides is 1. The Labute approximate surface area is 120 Å². The van der Waals surface area contributed by atoms with Crippen LogP contribution in [0.1, 0.15) is 19.8 Å². The van der Waals surface area contributed by atoms with Crippen molar-refractivity contribution in [2.24, 2.45) is 0 Å². The molecule has 1 N–H and O–H groups in total. The molecule has 6 nitrogen and oxygen atoms in total. The number of hydrogen-bond donors (Lipinski definition) is 1. The average Bonchev–Trinajstić information content (AvgIpc) is 2.88. The number of piperidine rings is 1. The number of hydrogen-bond acceptors (Lipinski definition) is 4. The van der Waals surface area contributed by atoms with Gasteiger partial charge in [-0.2, -0.15) is 9.40 Å². The fourth-order valence-electron chi connectivity index (χ4n) is 2.20. The number of nitrogens with one attached hydrogen (secondary N) is 1. The highest BCUT2D eigenvalue weighted by Gasteiger charge is 2.30. The molecule has 2 rings (SSSR count). The van der Waals surface area contributed by atoms with Gasteiger partial charge in [0.15, 0.2) is 0 Å². The lowest BCUT2D eigenvalue weighted by atomic mass is 10.1. The van der Waals surface area contributed by atoms with Crippen molar-refractivity contribution in [2.45, 2.75) is 37.2 Å². The molecule has 0 saturated carbocycles. The summed E-state index contributed by atoms with van der Waals surface area (Å²) in [4.78, 5) is 0.293. The average molecular weight is 309 g/mol. The number of aryl methyl sites for hydroxylation is 1. The van der Waals surface area contributed by atoms with E-state index in [4.69, 9.17) is 0 Å². The Bertz CT molecular complexity index is 503. The van der Waals surface area contributed by atoms with Crippen LogP contribution in [-0.4, -0.2) is 48.7 Å². The third-order valence-corrected chi connectivity index (χ3v) is 5.18. The summed E-state index contributed by atoms with van der Waals surface area (Å²) in [5.74, 6) is 0. The molecule has 1 aromatic rings. The first kappa shape index (κ1) is 16.4. The summed E-state index contributed by atoms with van der Waals surface area (Å²) in [6, 6.07) is 0.245. The molecule has 0 aromatic carbocycles. The quantitative estimate of drug-likeness (QED) is 0.889. The van der Waals surface area contributed by atoms with Gasteiger partial charge in [-0.05, 0) is 26.8 Å². The van der Waals surface area contributed by atoms with Gasteiger partial charge < -0.3 is 5.32 Å². The molecule has 1 unspecified atom stereocenters. The van der Waals surface area contributed by atoms with Crippen molar-refractivity contribution in [3.63, 3.8) is 0 Å². The summed E-state index contributed by atoms with van der Waals surface area (Å²) < 4.78 is 28.0. The second-order valence-electron chi connectivity index (χ2n) is 4.52. The Morgan fingerprint density at radius 1 is 1.53 bits per heavy atom. The maximum absolute atomic E-state index is 12.4. The summed E-state index contributed by atoms with van der Waals surface area (Å²) in [5, 5.41) is 7.18. The predicted octanol–water partition coefficient (Wildman–Crippen LogP) is 0.697. The molecule has 0 amide bonds. The smallest absolute Gasteiger partial charge is 0.246 e. The molecule has 8 heteroatoms. The minimum absolute atomic E-state index is 0. The molecule has 1 atom stereocenters. The van der Waals surface area contributed by atoms with E-state index in [0.717, 1.165) is 12.8 Å². The minimum atomic E-state index is -3.38. The van der Waals surface area contributed by atoms with Gasteiger partial charge in [0.25, 0.3) is 0 Å². The van der Waals surface area contributed by atoms with Crippen LogP contribution in [-0.2, 0) is 16.6 Å². The van der Waals surface area contributed by atoms with Gasteiger partial charge in [-0.15, -0.1) is 12.4 Å². The number of rotatable bonds is 4. The van der Waals surface area contributed by atoms with Gasteiger partial charge in [0.1, 0.15) is 4.90 Å². The van der Waals surface area contributed by atoms with Crippen LogP contribution in [0.15, 0.2) is 17.3 Å². The summed E-state index contributed by atoms with van der Waals surface area (Å²) in [6.07, 6.45) is 4.95. The van der Waals surface area contributed by atoms with Crippen molar-refractivity contribution < 1.29 is 8.42 Å². The van der Waals surface area contributed by atoms with Crippen LogP contribution in [0.5, 0.6) is 0 Å². The zero-order valence-electron chi connectivity index (χ0n) is 11.2. The van der Waals surface area contributed by atoms with Gasteiger partial charge in [0.05, 0.1) is 6.20 Å². The molecule has 19 heavy (non-hydrogen) atoms. The largest absolute Gasteiger partial charge is 0.316 e. The first-order valence-corrected chi connectivity index (χ1v) is 7.71. The van der Waals surface area contributed by atoms with E-state index < -0.39 is 10.0 Å². The van der Waals surface area contributed by atoms with Crippen LogP contribution in [0.4, 0.5) is 0 Å². The second kappa shape index (κ2) is 6.69. The van der Waals surface area contributed by atoms with Gasteiger partial charge >= 0.3 is 0 Å². The lowest BCUT2D eigenvalue weighted by molar-refractivity contribution is 0.293. The number of halogens is 1. The molecule has 1 aliphatic rings. The number of nitrogens with zero attached hydrogens (tertiary/aromatic N) is 3. The van der Waals surface area contributed by atoms with Gasteiger partial charge in [-0.25, -0.2) is 8.42 Å². The molecule has 1 saturated heterocycles. The molecule has 1 fully saturated rings. The van der Waals surface area contributed by atoms with Crippen LogP contribution in [0.2, 0.25) is 0 Å². The Morgan fingerprint density at radius 2 is 2.26 bits per heavy atom. The van der Waals surface area contributed by atoms with E-state index in [-0.39, 0.29) is 18.4 Å². The Balaban J connectivity index is 0.00000180. The Kier molecular flexibility index (Phi) is 5.79. The van der Waals surface area contributed by atoms with Gasteiger partial charge in [-0.1, -0.05) is 0 Å². The normalized spacial score (nSPS) is 21.1. The zero-order valence-corrected chi connectivity index (χ0v) is 12.9. The van der Waals surface area contributed by atoms with E-state index >= 15 is 0 Å². The Hall–Kier alpha value is -0.630. The maximum Gasteiger partial charge on any atom is 0.246 e. The van der Waals surface area contributed by atoms with Crippen LogP contribution in [0, 0.1) is 0 Å². The van der Waals surface area contributed by atoms with Gasteiger partial charge in [0, 0.05) is 31.9 Å². The predicted molar refractivity (Wildman–Crippen MR) is 76.0 cm³/mol. The molecule has 2 heterocycles. The second-order valence-corrected chi connectivity index (χ2v) is 6.46. The number of aromatic nitrogens is 2. The third kappa shape index (κ3) is 3.47. The van der Waals surface area contributed by atoms with E-state index in [0.29, 0.717) is 24.5 Å². The summed E-state index contributed by atoms with van der Waals surface area (Å²) >= 11 is 0. The lowest BCUT2D eigenvalue weighted by Gasteiger charge is -2.31. The van der Waals surface area contributed by atoms with E-state index in [2.05, 4.69) is 10.4 Å². The van der Waals surface area contributed by atoms with Crippen molar-refractivity contribution in [3.05, 3.63) is 12.4 Å². The highest BCUT2D eigenvalue weighted by atomic mass is 35.5. The van der Waals surface area contributed by atoms with Crippen molar-refractivity contribution in [1.82, 2.24) is 19.4 Å². The van der Waals surface area contributed by atoms with Crippen LogP contribution >= 0.6 is 12.4 Å². The first-order valence-electron chi connectivity index (χ1n) is 6.27. The molecular weight excluding hydrogens is 288 g/mol. The highest BCUT2D eigenvalue weighted by molar-refractivity contribution is 7.89. The van der Waals surface area contributed by atoms with Gasteiger partial charge in [0.2, 0.25) is 10.0 Å². The standard InChI is InChI=1S/C11H20N4O2S.ClH/c1-3-14-9-11(7-13-14)18(16,17)15-6-4-5-10(8-15)12-2;/h7,9-10,12H,3-6,8H2,1-2H3;1H. The van der Waals surface area contributed by atoms with Crippen LogP contribution in [0.3, 0.4) is 0 Å². The molecule has 0 radical (unpaired) electrons. The summed E-state index contributed by atoms with van der Waals surface area (Å²) in [7, 11) is -1.51. The van der Waals surface area contributed by atoms with E-state index in [1.165, 1.54) is 6.20 Å². The lowest BCUT2D eigenvalue weighted by Crippen LogP contribution is -2.46. The number of likely N-dealkylation sites (N-methyl/N-ethyl adjacent to an activating group) is 1. The highest BCUT2D eigenvalue weighted by Crippen LogP contribution is 2.20. The van der Waals surface area contributed by atoms with Crippen molar-refractivity contribution in [1.29, 1.82) is 0 Å². The molecule has 0 spiro atoms. The van der Waals surface area contributed by atoms with Crippen LogP contribution in [0.25, 0.3) is 0 Å². The van der Waals surface area contributed by atoms with Crippen molar-refractivity contribution in [2.75, 3.05) is 20.1 Å². The molecule has 110 valence electrons. The van der Waals surface area contributed by atoms with Gasteiger partial charge in [-0.3, -0.25) is 4.68 Å². The van der Waals surface area contributed by atoms with E-state index in [1.54, 1.807) is 15.2 Å². The first-order chi connectivity index (χ1) is 8.57. The summed E-state index contributed by atoms with van der Waals surface area (Å²) in [6.45, 7) is 3.74. The summed E-state index contributed by atoms with van der Waals surface area (Å²) in [5.41, 5.74) is 0. The fourth-order valence-corrected chi connectivity index (χ4v) is 3.68. The van der Waals surface area contributed by atoms with E-state index in [1.807, 2.05) is 14.0 Å². The minimum Gasteiger partial charge on any atom is -0.316 e. The molecular formula is C11H21ClN4O2S. The fraction of sp³-hybridized carbons (Fsp3) is 0.727. The zero-order chi connectivity index (χ0) is 13.2. The van der Waals surface area contributed by atoms with Crippen molar-refractivity contribution >= 4 is 22.4 Å². The molecule has 1 aromatic heterocycles.